The molecular formula is C9H17IO2. The van der Waals surface area contributed by atoms with E-state index in [-0.39, 0.29) is 5.97 Å². The van der Waals surface area contributed by atoms with E-state index in [1.807, 2.05) is 0 Å². The second kappa shape index (κ2) is 7.83. The summed E-state index contributed by atoms with van der Waals surface area (Å²) in [5.41, 5.74) is 0. The van der Waals surface area contributed by atoms with E-state index < -0.39 is 0 Å². The highest BCUT2D eigenvalue weighted by Crippen LogP contribution is 2.10. The van der Waals surface area contributed by atoms with Gasteiger partial charge in [-0.15, -0.1) is 0 Å². The number of ether oxygens (including phenoxy) is 1. The summed E-state index contributed by atoms with van der Waals surface area (Å²) in [4.78, 5) is 10.4. The van der Waals surface area contributed by atoms with Crippen molar-refractivity contribution in [2.75, 3.05) is 6.61 Å². The summed E-state index contributed by atoms with van der Waals surface area (Å²) in [7, 11) is 0. The SMILES string of the molecule is CC(=O)OCCCCCC(C)I. The minimum atomic E-state index is -0.169. The molecule has 0 aromatic heterocycles. The summed E-state index contributed by atoms with van der Waals surface area (Å²) in [6.45, 7) is 4.25. The van der Waals surface area contributed by atoms with Crippen LogP contribution in [0.4, 0.5) is 0 Å². The fraction of sp³-hybridized carbons (Fsp3) is 0.889. The molecule has 0 bridgehead atoms. The minimum absolute atomic E-state index is 0.169. The first-order valence-electron chi connectivity index (χ1n) is 4.40. The molecule has 0 saturated carbocycles. The van der Waals surface area contributed by atoms with Gasteiger partial charge in [0, 0.05) is 10.8 Å². The molecule has 0 aliphatic rings. The molecule has 0 N–H and O–H groups in total. The van der Waals surface area contributed by atoms with Crippen LogP contribution in [0.1, 0.15) is 39.5 Å². The van der Waals surface area contributed by atoms with Crippen LogP contribution in [0.15, 0.2) is 0 Å². The second-order valence-corrected chi connectivity index (χ2v) is 5.10. The zero-order valence-corrected chi connectivity index (χ0v) is 9.96. The summed E-state index contributed by atoms with van der Waals surface area (Å²) in [5.74, 6) is -0.169. The Hall–Kier alpha value is 0.200. The van der Waals surface area contributed by atoms with E-state index in [0.29, 0.717) is 6.61 Å². The lowest BCUT2D eigenvalue weighted by Crippen LogP contribution is -2.00. The van der Waals surface area contributed by atoms with E-state index in [0.717, 1.165) is 10.3 Å². The summed E-state index contributed by atoms with van der Waals surface area (Å²) >= 11 is 2.43. The van der Waals surface area contributed by atoms with Crippen molar-refractivity contribution in [2.45, 2.75) is 43.5 Å². The lowest BCUT2D eigenvalue weighted by atomic mass is 10.2. The van der Waals surface area contributed by atoms with Gasteiger partial charge in [-0.1, -0.05) is 42.4 Å². The Morgan fingerprint density at radius 3 is 2.58 bits per heavy atom. The van der Waals surface area contributed by atoms with Gasteiger partial charge in [0.15, 0.2) is 0 Å². The van der Waals surface area contributed by atoms with Crippen molar-refractivity contribution in [1.82, 2.24) is 0 Å². The van der Waals surface area contributed by atoms with Crippen LogP contribution in [-0.2, 0) is 9.53 Å². The number of alkyl halides is 1. The summed E-state index contributed by atoms with van der Waals surface area (Å²) in [5, 5.41) is 0. The van der Waals surface area contributed by atoms with Gasteiger partial charge in [-0.3, -0.25) is 4.79 Å². The summed E-state index contributed by atoms with van der Waals surface area (Å²) in [6.07, 6.45) is 4.68. The van der Waals surface area contributed by atoms with Gasteiger partial charge in [0.25, 0.3) is 0 Å². The maximum atomic E-state index is 10.4. The molecule has 0 amide bonds. The molecule has 0 aromatic carbocycles. The number of esters is 1. The monoisotopic (exact) mass is 284 g/mol. The van der Waals surface area contributed by atoms with Crippen LogP contribution in [0, 0.1) is 0 Å². The second-order valence-electron chi connectivity index (χ2n) is 2.97. The number of hydrogen-bond acceptors (Lipinski definition) is 2. The van der Waals surface area contributed by atoms with Crippen molar-refractivity contribution in [3.63, 3.8) is 0 Å². The number of carbonyl (C=O) groups is 1. The fourth-order valence-corrected chi connectivity index (χ4v) is 1.36. The van der Waals surface area contributed by atoms with E-state index >= 15 is 0 Å². The van der Waals surface area contributed by atoms with E-state index in [2.05, 4.69) is 29.5 Å². The molecule has 0 aliphatic heterocycles. The first-order valence-corrected chi connectivity index (χ1v) is 5.65. The molecule has 1 atom stereocenters. The molecule has 3 heteroatoms. The number of unbranched alkanes of at least 4 members (excludes halogenated alkanes) is 2. The maximum absolute atomic E-state index is 10.4. The van der Waals surface area contributed by atoms with E-state index in [1.165, 1.54) is 26.2 Å². The van der Waals surface area contributed by atoms with Crippen LogP contribution in [0.5, 0.6) is 0 Å². The molecule has 0 aliphatic carbocycles. The molecule has 0 fully saturated rings. The Morgan fingerprint density at radius 1 is 1.42 bits per heavy atom. The van der Waals surface area contributed by atoms with Crippen molar-refractivity contribution in [3.8, 4) is 0 Å². The first kappa shape index (κ1) is 12.2. The van der Waals surface area contributed by atoms with Crippen LogP contribution in [-0.4, -0.2) is 16.5 Å². The van der Waals surface area contributed by atoms with E-state index in [1.54, 1.807) is 0 Å². The van der Waals surface area contributed by atoms with E-state index in [9.17, 15) is 4.79 Å². The Balaban J connectivity index is 2.96. The molecule has 0 aromatic rings. The van der Waals surface area contributed by atoms with E-state index in [4.69, 9.17) is 4.74 Å². The Kier molecular flexibility index (Phi) is 7.96. The van der Waals surface area contributed by atoms with Gasteiger partial charge in [-0.2, -0.15) is 0 Å². The molecular weight excluding hydrogens is 267 g/mol. The van der Waals surface area contributed by atoms with Crippen LogP contribution >= 0.6 is 22.6 Å². The van der Waals surface area contributed by atoms with Gasteiger partial charge in [0.05, 0.1) is 6.61 Å². The molecule has 0 spiro atoms. The van der Waals surface area contributed by atoms with Gasteiger partial charge >= 0.3 is 5.97 Å². The lowest BCUT2D eigenvalue weighted by Gasteiger charge is -2.03. The average Bonchev–Trinajstić information content (AvgIpc) is 1.95. The van der Waals surface area contributed by atoms with Crippen molar-refractivity contribution >= 4 is 28.6 Å². The molecule has 1 unspecified atom stereocenters. The lowest BCUT2D eigenvalue weighted by molar-refractivity contribution is -0.141. The van der Waals surface area contributed by atoms with Crippen molar-refractivity contribution in [2.24, 2.45) is 0 Å². The largest absolute Gasteiger partial charge is 0.466 e. The Bertz CT molecular complexity index is 124. The van der Waals surface area contributed by atoms with Crippen LogP contribution < -0.4 is 0 Å². The van der Waals surface area contributed by atoms with Gasteiger partial charge in [0.1, 0.15) is 0 Å². The highest BCUT2D eigenvalue weighted by atomic mass is 127. The standard InChI is InChI=1S/C9H17IO2/c1-8(10)6-4-3-5-7-12-9(2)11/h8H,3-7H2,1-2H3. The van der Waals surface area contributed by atoms with Crippen molar-refractivity contribution in [1.29, 1.82) is 0 Å². The van der Waals surface area contributed by atoms with Gasteiger partial charge < -0.3 is 4.74 Å². The zero-order valence-electron chi connectivity index (χ0n) is 7.81. The Morgan fingerprint density at radius 2 is 2.08 bits per heavy atom. The third-order valence-electron chi connectivity index (χ3n) is 1.55. The molecule has 2 nitrogen and oxygen atoms in total. The van der Waals surface area contributed by atoms with Crippen molar-refractivity contribution < 1.29 is 9.53 Å². The molecule has 0 radical (unpaired) electrons. The molecule has 12 heavy (non-hydrogen) atoms. The van der Waals surface area contributed by atoms with Crippen LogP contribution in [0.3, 0.4) is 0 Å². The average molecular weight is 284 g/mol. The Labute approximate surface area is 88.2 Å². The third-order valence-corrected chi connectivity index (χ3v) is 2.17. The molecule has 0 saturated heterocycles. The molecule has 0 heterocycles. The predicted octanol–water partition coefficient (Wildman–Crippen LogP) is 2.93. The summed E-state index contributed by atoms with van der Waals surface area (Å²) < 4.78 is 5.57. The van der Waals surface area contributed by atoms with Gasteiger partial charge in [0.2, 0.25) is 0 Å². The number of halogens is 1. The van der Waals surface area contributed by atoms with Gasteiger partial charge in [-0.25, -0.2) is 0 Å². The normalized spacial score (nSPS) is 12.6. The highest BCUT2D eigenvalue weighted by molar-refractivity contribution is 14.1. The summed E-state index contributed by atoms with van der Waals surface area (Å²) in [6, 6.07) is 0. The first-order chi connectivity index (χ1) is 5.63. The number of rotatable bonds is 6. The number of carbonyl (C=O) groups excluding carboxylic acids is 1. The zero-order chi connectivity index (χ0) is 9.40. The van der Waals surface area contributed by atoms with Crippen molar-refractivity contribution in [3.05, 3.63) is 0 Å². The topological polar surface area (TPSA) is 26.3 Å². The van der Waals surface area contributed by atoms with Gasteiger partial charge in [-0.05, 0) is 12.8 Å². The van der Waals surface area contributed by atoms with Crippen LogP contribution in [0.2, 0.25) is 0 Å². The fourth-order valence-electron chi connectivity index (χ4n) is 0.920. The quantitative estimate of drug-likeness (QED) is 0.324. The maximum Gasteiger partial charge on any atom is 0.302 e. The molecule has 72 valence electrons. The minimum Gasteiger partial charge on any atom is -0.466 e. The smallest absolute Gasteiger partial charge is 0.302 e. The predicted molar refractivity (Wildman–Crippen MR) is 58.6 cm³/mol. The highest BCUT2D eigenvalue weighted by Gasteiger charge is 1.96. The van der Waals surface area contributed by atoms with Crippen LogP contribution in [0.25, 0.3) is 0 Å². The molecule has 0 rings (SSSR count). The third kappa shape index (κ3) is 10.2. The number of hydrogen-bond donors (Lipinski definition) is 0.